The maximum atomic E-state index is 13.2. The van der Waals surface area contributed by atoms with Gasteiger partial charge in [-0.05, 0) is 59.7 Å². The number of alkyl carbamates (subject to hydrolysis) is 1. The SMILES string of the molecule is CCCC/C(=C\C(=O)c1ccc(C(=O)OCCOc2ccc3ccc(=O)oc3c2)cc1)SC[C@H](NC(=O)OCc1ccccc1)C(=O)OC. The van der Waals surface area contributed by atoms with Crippen molar-refractivity contribution in [2.75, 3.05) is 26.1 Å². The number of esters is 2. The Balaban J connectivity index is 1.29. The molecule has 4 aromatic rings. The third-order valence-corrected chi connectivity index (χ3v) is 8.27. The number of amides is 1. The van der Waals surface area contributed by atoms with Gasteiger partial charge < -0.3 is 28.7 Å². The minimum Gasteiger partial charge on any atom is -0.490 e. The van der Waals surface area contributed by atoms with Crippen molar-refractivity contribution >= 4 is 46.5 Å². The van der Waals surface area contributed by atoms with E-state index in [-0.39, 0.29) is 36.9 Å². The van der Waals surface area contributed by atoms with E-state index in [0.29, 0.717) is 23.3 Å². The van der Waals surface area contributed by atoms with Crippen LogP contribution in [0.15, 0.2) is 105 Å². The van der Waals surface area contributed by atoms with E-state index in [4.69, 9.17) is 23.4 Å². The largest absolute Gasteiger partial charge is 0.490 e. The lowest BCUT2D eigenvalue weighted by Gasteiger charge is -2.17. The molecule has 1 heterocycles. The van der Waals surface area contributed by atoms with Crippen LogP contribution in [0, 0.1) is 0 Å². The van der Waals surface area contributed by atoms with Crippen molar-refractivity contribution in [3.8, 4) is 5.75 Å². The van der Waals surface area contributed by atoms with Crippen molar-refractivity contribution in [2.24, 2.45) is 0 Å². The summed E-state index contributed by atoms with van der Waals surface area (Å²) in [4.78, 5) is 62.7. The first-order valence-corrected chi connectivity index (χ1v) is 16.6. The number of rotatable bonds is 17. The highest BCUT2D eigenvalue weighted by atomic mass is 32.2. The Bertz CT molecular complexity index is 1820. The molecule has 1 N–H and O–H groups in total. The van der Waals surface area contributed by atoms with Crippen LogP contribution in [0.3, 0.4) is 0 Å². The van der Waals surface area contributed by atoms with Crippen molar-refractivity contribution in [3.05, 3.63) is 123 Å². The van der Waals surface area contributed by atoms with Crippen LogP contribution < -0.4 is 15.7 Å². The van der Waals surface area contributed by atoms with Crippen molar-refractivity contribution in [1.29, 1.82) is 0 Å². The van der Waals surface area contributed by atoms with E-state index >= 15 is 0 Å². The first-order valence-electron chi connectivity index (χ1n) is 15.6. The van der Waals surface area contributed by atoms with Crippen LogP contribution in [0.4, 0.5) is 4.79 Å². The van der Waals surface area contributed by atoms with Crippen molar-refractivity contribution in [1.82, 2.24) is 5.32 Å². The van der Waals surface area contributed by atoms with Gasteiger partial charge in [-0.1, -0.05) is 55.8 Å². The van der Waals surface area contributed by atoms with Crippen LogP contribution in [0.5, 0.6) is 5.75 Å². The molecule has 0 aliphatic rings. The van der Waals surface area contributed by atoms with E-state index in [1.807, 2.05) is 37.3 Å². The molecule has 49 heavy (non-hydrogen) atoms. The number of unbranched alkanes of at least 4 members (excludes halogenated alkanes) is 1. The van der Waals surface area contributed by atoms with Gasteiger partial charge in [0, 0.05) is 28.8 Å². The highest BCUT2D eigenvalue weighted by molar-refractivity contribution is 8.03. The van der Waals surface area contributed by atoms with Crippen LogP contribution in [0.2, 0.25) is 0 Å². The highest BCUT2D eigenvalue weighted by Crippen LogP contribution is 2.24. The van der Waals surface area contributed by atoms with Crippen LogP contribution in [0.25, 0.3) is 11.0 Å². The molecular formula is C37H37NO10S. The number of ether oxygens (including phenoxy) is 4. The minimum absolute atomic E-state index is 0.0246. The zero-order valence-corrected chi connectivity index (χ0v) is 28.0. The van der Waals surface area contributed by atoms with Gasteiger partial charge in [-0.3, -0.25) is 4.79 Å². The Morgan fingerprint density at radius 1 is 0.898 bits per heavy atom. The lowest BCUT2D eigenvalue weighted by Crippen LogP contribution is -2.43. The number of ketones is 1. The molecule has 11 nitrogen and oxygen atoms in total. The average Bonchev–Trinajstić information content (AvgIpc) is 3.12. The van der Waals surface area contributed by atoms with Crippen LogP contribution in [-0.4, -0.2) is 55.9 Å². The molecule has 12 heteroatoms. The lowest BCUT2D eigenvalue weighted by atomic mass is 10.1. The molecule has 1 aromatic heterocycles. The molecular weight excluding hydrogens is 650 g/mol. The number of carbonyl (C=O) groups excluding carboxylic acids is 4. The molecule has 0 radical (unpaired) electrons. The zero-order chi connectivity index (χ0) is 35.0. The second-order valence-corrected chi connectivity index (χ2v) is 11.8. The molecule has 0 aliphatic heterocycles. The van der Waals surface area contributed by atoms with Gasteiger partial charge in [-0.15, -0.1) is 11.8 Å². The summed E-state index contributed by atoms with van der Waals surface area (Å²) in [6.07, 6.45) is 3.04. The van der Waals surface area contributed by atoms with Crippen LogP contribution >= 0.6 is 11.8 Å². The smallest absolute Gasteiger partial charge is 0.408 e. The predicted molar refractivity (Wildman–Crippen MR) is 185 cm³/mol. The zero-order valence-electron chi connectivity index (χ0n) is 27.2. The summed E-state index contributed by atoms with van der Waals surface area (Å²) in [5.41, 5.74) is 1.36. The van der Waals surface area contributed by atoms with Gasteiger partial charge in [0.05, 0.1) is 12.7 Å². The summed E-state index contributed by atoms with van der Waals surface area (Å²) in [6, 6.07) is 22.3. The Morgan fingerprint density at radius 2 is 1.63 bits per heavy atom. The van der Waals surface area contributed by atoms with E-state index < -0.39 is 29.7 Å². The molecule has 256 valence electrons. The Labute approximate surface area is 287 Å². The summed E-state index contributed by atoms with van der Waals surface area (Å²) in [7, 11) is 1.23. The van der Waals surface area contributed by atoms with Gasteiger partial charge >= 0.3 is 23.7 Å². The van der Waals surface area contributed by atoms with E-state index in [1.165, 1.54) is 43.1 Å². The topological polar surface area (TPSA) is 147 Å². The number of hydrogen-bond donors (Lipinski definition) is 1. The summed E-state index contributed by atoms with van der Waals surface area (Å²) < 4.78 is 26.2. The highest BCUT2D eigenvalue weighted by Gasteiger charge is 2.23. The standard InChI is InChI=1S/C37H37NO10S/c1-3-4-10-30(49-24-31(36(42)44-2)38-37(43)47-23-25-8-6-5-7-9-25)22-32(39)26-11-13-28(14-12-26)35(41)46-20-19-45-29-17-15-27-16-18-34(40)48-33(27)21-29/h5-9,11-18,21-22,31H,3-4,10,19-20,23-24H2,1-2H3,(H,38,43)/b30-22+/t31-/m0/s1. The minimum atomic E-state index is -0.996. The third kappa shape index (κ3) is 11.7. The fourth-order valence-corrected chi connectivity index (χ4v) is 5.53. The molecule has 0 bridgehead atoms. The van der Waals surface area contributed by atoms with Gasteiger partial charge in [0.25, 0.3) is 0 Å². The molecule has 1 atom stereocenters. The Hall–Kier alpha value is -5.36. The van der Waals surface area contributed by atoms with Crippen molar-refractivity contribution in [2.45, 2.75) is 38.8 Å². The number of hydrogen-bond acceptors (Lipinski definition) is 11. The van der Waals surface area contributed by atoms with E-state index in [2.05, 4.69) is 5.32 Å². The van der Waals surface area contributed by atoms with Crippen molar-refractivity contribution < 1.29 is 42.5 Å². The fourth-order valence-electron chi connectivity index (χ4n) is 4.45. The van der Waals surface area contributed by atoms with E-state index in [0.717, 1.165) is 28.7 Å². The van der Waals surface area contributed by atoms with Gasteiger partial charge in [-0.2, -0.15) is 0 Å². The summed E-state index contributed by atoms with van der Waals surface area (Å²) in [6.45, 7) is 2.13. The fraction of sp³-hybridized carbons (Fsp3) is 0.270. The first kappa shape index (κ1) is 36.5. The quantitative estimate of drug-likeness (QED) is 0.0325. The third-order valence-electron chi connectivity index (χ3n) is 7.08. The normalized spacial score (nSPS) is 11.8. The van der Waals surface area contributed by atoms with Gasteiger partial charge in [0.1, 0.15) is 37.2 Å². The molecule has 0 unspecified atom stereocenters. The van der Waals surface area contributed by atoms with Crippen molar-refractivity contribution in [3.63, 3.8) is 0 Å². The molecule has 0 saturated heterocycles. The number of fused-ring (bicyclic) bond motifs is 1. The number of methoxy groups -OCH3 is 1. The predicted octanol–water partition coefficient (Wildman–Crippen LogP) is 6.49. The molecule has 1 amide bonds. The van der Waals surface area contributed by atoms with E-state index in [9.17, 15) is 24.0 Å². The van der Waals surface area contributed by atoms with Gasteiger partial charge in [0.2, 0.25) is 0 Å². The number of allylic oxidation sites excluding steroid dienone is 2. The van der Waals surface area contributed by atoms with Gasteiger partial charge in [-0.25, -0.2) is 19.2 Å². The average molecular weight is 688 g/mol. The molecule has 0 fully saturated rings. The number of carbonyl (C=O) groups is 4. The van der Waals surface area contributed by atoms with Gasteiger partial charge in [0.15, 0.2) is 5.78 Å². The summed E-state index contributed by atoms with van der Waals surface area (Å²) in [5, 5.41) is 3.31. The number of nitrogens with one attached hydrogen (secondary N) is 1. The first-order chi connectivity index (χ1) is 23.7. The van der Waals surface area contributed by atoms with Crippen LogP contribution in [0.1, 0.15) is 52.5 Å². The Morgan fingerprint density at radius 3 is 2.37 bits per heavy atom. The summed E-state index contributed by atoms with van der Waals surface area (Å²) >= 11 is 1.28. The molecule has 3 aromatic carbocycles. The molecule has 0 aliphatic carbocycles. The van der Waals surface area contributed by atoms with Crippen LogP contribution in [-0.2, 0) is 25.6 Å². The maximum absolute atomic E-state index is 13.2. The second kappa shape index (κ2) is 18.8. The summed E-state index contributed by atoms with van der Waals surface area (Å²) in [5.74, 6) is -0.901. The Kier molecular flexibility index (Phi) is 14.0. The molecule has 0 saturated carbocycles. The number of benzene rings is 3. The monoisotopic (exact) mass is 687 g/mol. The molecule has 0 spiro atoms. The second-order valence-electron chi connectivity index (χ2n) is 10.7. The molecule has 4 rings (SSSR count). The maximum Gasteiger partial charge on any atom is 0.408 e. The van der Waals surface area contributed by atoms with E-state index in [1.54, 1.807) is 36.4 Å². The lowest BCUT2D eigenvalue weighted by molar-refractivity contribution is -0.142. The number of thioether (sulfide) groups is 1.